The average Bonchev–Trinajstić information content (AvgIpc) is 3.49. The van der Waals surface area contributed by atoms with Gasteiger partial charge in [-0.05, 0) is 71.8 Å². The number of rotatable bonds is 17. The summed E-state index contributed by atoms with van der Waals surface area (Å²) in [5.74, 6) is -4.40. The Hall–Kier alpha value is -7.41. The van der Waals surface area contributed by atoms with Gasteiger partial charge in [0.15, 0.2) is 35.4 Å². The summed E-state index contributed by atoms with van der Waals surface area (Å²) in [6.07, 6.45) is -23.9. The van der Waals surface area contributed by atoms with Crippen LogP contribution in [0.2, 0.25) is 0 Å². The quantitative estimate of drug-likeness (QED) is 0.0244. The van der Waals surface area contributed by atoms with E-state index < -0.39 is 141 Å². The molecular weight excluding hydrogens is 1040 g/mol. The van der Waals surface area contributed by atoms with Crippen molar-refractivity contribution in [1.29, 1.82) is 0 Å². The smallest absolute Gasteiger partial charge is 0.402 e. The third-order valence-corrected chi connectivity index (χ3v) is 12.7. The fourth-order valence-electron chi connectivity index (χ4n) is 8.38. The summed E-state index contributed by atoms with van der Waals surface area (Å²) >= 11 is 0. The fourth-order valence-corrected chi connectivity index (χ4v) is 8.38. The van der Waals surface area contributed by atoms with Crippen LogP contribution in [0.1, 0.15) is 11.1 Å². The number of aromatic hydroxyl groups is 5. The van der Waals surface area contributed by atoms with Crippen molar-refractivity contribution >= 4 is 35.1 Å². The summed E-state index contributed by atoms with van der Waals surface area (Å²) in [6, 6.07) is 16.7. The molecule has 26 nitrogen and oxygen atoms in total. The maximum atomic E-state index is 13.0. The molecule has 0 amide bonds. The van der Waals surface area contributed by atoms with E-state index in [-0.39, 0.29) is 56.6 Å². The topological polar surface area (TPSA) is 412 Å². The van der Waals surface area contributed by atoms with Gasteiger partial charge < -0.3 is 114 Å². The van der Waals surface area contributed by atoms with Gasteiger partial charge in [-0.3, -0.25) is 0 Å². The van der Waals surface area contributed by atoms with E-state index in [1.807, 2.05) is 0 Å². The third-order valence-electron chi connectivity index (χ3n) is 12.7. The highest BCUT2D eigenvalue weighted by molar-refractivity contribution is 5.89. The zero-order valence-electron chi connectivity index (χ0n) is 40.8. The van der Waals surface area contributed by atoms with Crippen LogP contribution in [0.25, 0.3) is 34.4 Å². The minimum atomic E-state index is -2.13. The van der Waals surface area contributed by atoms with Gasteiger partial charge in [-0.2, -0.15) is 0 Å². The van der Waals surface area contributed by atoms with Crippen molar-refractivity contribution in [1.82, 2.24) is 0 Å². The molecule has 1 aromatic heterocycles. The lowest BCUT2D eigenvalue weighted by molar-refractivity contribution is -0.358. The van der Waals surface area contributed by atoms with Crippen LogP contribution in [0.15, 0.2) is 95.4 Å². The summed E-state index contributed by atoms with van der Waals surface area (Å²) < 4.78 is 57.9. The Kier molecular flexibility index (Phi) is 17.8. The lowest BCUT2D eigenvalue weighted by Gasteiger charge is -2.45. The van der Waals surface area contributed by atoms with Gasteiger partial charge in [0.25, 0.3) is 0 Å². The number of phenolic OH excluding ortho intramolecular Hbond substituents is 5. The van der Waals surface area contributed by atoms with E-state index in [1.54, 1.807) is 0 Å². The molecule has 0 aliphatic carbocycles. The molecule has 3 fully saturated rings. The van der Waals surface area contributed by atoms with Crippen molar-refractivity contribution in [2.45, 2.75) is 92.1 Å². The van der Waals surface area contributed by atoms with E-state index >= 15 is 0 Å². The first-order chi connectivity index (χ1) is 37.2. The summed E-state index contributed by atoms with van der Waals surface area (Å²) in [5, 5.41) is 148. The number of methoxy groups -OCH3 is 1. The maximum Gasteiger partial charge on any atom is 0.402 e. The number of esters is 2. The van der Waals surface area contributed by atoms with Gasteiger partial charge in [-0.25, -0.2) is 14.0 Å². The highest BCUT2D eigenvalue weighted by Gasteiger charge is 2.53. The van der Waals surface area contributed by atoms with E-state index in [0.717, 1.165) is 30.4 Å². The van der Waals surface area contributed by atoms with Crippen molar-refractivity contribution in [3.8, 4) is 57.3 Å². The van der Waals surface area contributed by atoms with Gasteiger partial charge in [0.2, 0.25) is 18.3 Å². The molecule has 0 bridgehead atoms. The van der Waals surface area contributed by atoms with E-state index in [9.17, 15) is 81.1 Å². The first-order valence-corrected chi connectivity index (χ1v) is 23.8. The van der Waals surface area contributed by atoms with E-state index in [2.05, 4.69) is 0 Å². The lowest BCUT2D eigenvalue weighted by atomic mass is 9.97. The monoisotopic (exact) mass is 1100 g/mol. The second kappa shape index (κ2) is 24.5. The Morgan fingerprint density at radius 2 is 1.09 bits per heavy atom. The predicted molar refractivity (Wildman–Crippen MR) is 261 cm³/mol. The SMILES string of the molecule is COc1cc(/C=C/C(=O)OC[C@H]2O[C@@H](Oc3cc4c(O[C@@H]5O[C@H](CO)[C@@H](O)[C@@H](O)[C@H]5O)cc(O)cc4[o+]c3-c3ccc(O)cc3)[C@H](O[C@@H]3O[C@H](COC(=O)/C=C/c4ccc(O)c(O)c4)[C@@H](O)[C@@H](O)[C@H]3O)[C@H](O)[C@@H]2O)ccc1O. The lowest BCUT2D eigenvalue weighted by Crippen LogP contribution is -2.65. The minimum absolute atomic E-state index is 0.0729. The summed E-state index contributed by atoms with van der Waals surface area (Å²) in [7, 11) is 1.33. The molecule has 3 aliphatic rings. The number of carbonyl (C=O) groups is 2. The Balaban J connectivity index is 1.12. The maximum absolute atomic E-state index is 13.0. The Morgan fingerprint density at radius 1 is 0.538 bits per heavy atom. The summed E-state index contributed by atoms with van der Waals surface area (Å²) in [4.78, 5) is 25.8. The molecule has 15 atom stereocenters. The summed E-state index contributed by atoms with van der Waals surface area (Å²) in [5.41, 5.74) is 0.734. The second-order valence-corrected chi connectivity index (χ2v) is 18.0. The zero-order chi connectivity index (χ0) is 56.1. The molecule has 0 spiro atoms. The first-order valence-electron chi connectivity index (χ1n) is 23.8. The van der Waals surface area contributed by atoms with Crippen molar-refractivity contribution in [3.63, 3.8) is 0 Å². The largest absolute Gasteiger partial charge is 0.508 e. The minimum Gasteiger partial charge on any atom is -0.508 e. The number of benzene rings is 4. The number of aliphatic hydroxyl groups is 9. The molecule has 5 aromatic rings. The molecule has 3 saturated heterocycles. The number of aliphatic hydroxyl groups excluding tert-OH is 9. The van der Waals surface area contributed by atoms with Gasteiger partial charge in [0.05, 0.1) is 25.3 Å². The number of fused-ring (bicyclic) bond motifs is 1. The van der Waals surface area contributed by atoms with Gasteiger partial charge in [0, 0.05) is 24.3 Å². The van der Waals surface area contributed by atoms with E-state index in [0.29, 0.717) is 5.56 Å². The first kappa shape index (κ1) is 56.8. The van der Waals surface area contributed by atoms with Crippen LogP contribution >= 0.6 is 0 Å². The normalized spacial score (nSPS) is 29.3. The fraction of sp³-hybridized carbons (Fsp3) is 0.365. The van der Waals surface area contributed by atoms with Crippen LogP contribution < -0.4 is 14.2 Å². The molecule has 14 N–H and O–H groups in total. The molecule has 4 heterocycles. The number of carbonyl (C=O) groups excluding carboxylic acids is 2. The number of hydrogen-bond donors (Lipinski definition) is 14. The molecule has 78 heavy (non-hydrogen) atoms. The van der Waals surface area contributed by atoms with Crippen LogP contribution in [0, 0.1) is 0 Å². The number of ether oxygens (including phenoxy) is 9. The van der Waals surface area contributed by atoms with Crippen LogP contribution in [0.5, 0.6) is 46.0 Å². The Labute approximate surface area is 440 Å². The van der Waals surface area contributed by atoms with Crippen LogP contribution in [-0.2, 0) is 38.0 Å². The van der Waals surface area contributed by atoms with Gasteiger partial charge in [-0.15, -0.1) is 0 Å². The van der Waals surface area contributed by atoms with E-state index in [4.69, 9.17) is 47.0 Å². The van der Waals surface area contributed by atoms with Gasteiger partial charge in [0.1, 0.15) is 103 Å². The third kappa shape index (κ3) is 12.8. The molecule has 4 aromatic carbocycles. The van der Waals surface area contributed by atoms with Crippen molar-refractivity contribution in [3.05, 3.63) is 102 Å². The Bertz CT molecular complexity index is 2970. The molecule has 0 saturated carbocycles. The van der Waals surface area contributed by atoms with Gasteiger partial charge in [-0.1, -0.05) is 12.1 Å². The zero-order valence-corrected chi connectivity index (χ0v) is 40.8. The van der Waals surface area contributed by atoms with Crippen LogP contribution in [-0.4, -0.2) is 202 Å². The molecular formula is C52H55O26+. The molecule has 26 heteroatoms. The van der Waals surface area contributed by atoms with Crippen molar-refractivity contribution < 1.29 is 128 Å². The molecule has 0 unspecified atom stereocenters. The average molecular weight is 1100 g/mol. The summed E-state index contributed by atoms with van der Waals surface area (Å²) in [6.45, 7) is -2.36. The highest BCUT2D eigenvalue weighted by Crippen LogP contribution is 2.43. The van der Waals surface area contributed by atoms with Crippen molar-refractivity contribution in [2.24, 2.45) is 0 Å². The number of phenols is 5. The second-order valence-electron chi connectivity index (χ2n) is 18.0. The van der Waals surface area contributed by atoms with Gasteiger partial charge >= 0.3 is 23.3 Å². The van der Waals surface area contributed by atoms with Crippen LogP contribution in [0.4, 0.5) is 0 Å². The molecule has 418 valence electrons. The predicted octanol–water partition coefficient (Wildman–Crippen LogP) is -0.372. The standard InChI is InChI=1S/C52H54O26/c1-69-33-15-23(3-11-29(33)57)5-13-39(60)71-21-37-42(63)45(66)49(78-51-47(68)44(65)41(62)36(76-51)20-70-38(59)12-4-22-2-10-28(56)30(58)14-22)52(77-37)74-34-18-27-31(72-48(34)24-6-8-25(54)9-7-24)16-26(55)17-32(27)73-50-46(67)43(64)40(61)35(19-53)75-50/h2-18,35-37,40-47,49-53,61-68H,19-21H2,1H3,(H4-,54,55,56,57,58,59,60)/p+1/t35-,36-,37-,40-,41-,42-,43-,44-,45-,46-,47-,49-,50-,51+,52-/m1/s1. The Morgan fingerprint density at radius 3 is 1.71 bits per heavy atom. The highest BCUT2D eigenvalue weighted by atomic mass is 16.8. The van der Waals surface area contributed by atoms with Crippen molar-refractivity contribution in [2.75, 3.05) is 26.9 Å². The molecule has 8 rings (SSSR count). The molecule has 0 radical (unpaired) electrons. The van der Waals surface area contributed by atoms with Crippen LogP contribution in [0.3, 0.4) is 0 Å². The molecule has 3 aliphatic heterocycles. The van der Waals surface area contributed by atoms with E-state index in [1.165, 1.54) is 79.9 Å². The number of hydrogen-bond acceptors (Lipinski definition) is 25.